The molecule has 0 saturated heterocycles. The van der Waals surface area contributed by atoms with Gasteiger partial charge < -0.3 is 15.0 Å². The maximum Gasteiger partial charge on any atom is 0.416 e. The van der Waals surface area contributed by atoms with Crippen molar-refractivity contribution in [1.29, 1.82) is 0 Å². The fourth-order valence-corrected chi connectivity index (χ4v) is 7.04. The van der Waals surface area contributed by atoms with Crippen LogP contribution in [0.3, 0.4) is 0 Å². The molecular formula is C32H35ClF3N3O5S. The maximum atomic E-state index is 14.2. The normalized spacial score (nSPS) is 14.5. The second kappa shape index (κ2) is 14.6. The molecule has 3 aromatic carbocycles. The van der Waals surface area contributed by atoms with E-state index >= 15 is 0 Å². The first-order valence-electron chi connectivity index (χ1n) is 14.5. The van der Waals surface area contributed by atoms with Crippen molar-refractivity contribution < 1.29 is 35.9 Å². The lowest BCUT2D eigenvalue weighted by molar-refractivity contribution is -0.140. The van der Waals surface area contributed by atoms with Gasteiger partial charge in [-0.3, -0.25) is 13.9 Å². The quantitative estimate of drug-likeness (QED) is 0.241. The monoisotopic (exact) mass is 665 g/mol. The zero-order chi connectivity index (χ0) is 32.8. The Hall–Kier alpha value is -3.77. The molecule has 1 saturated carbocycles. The van der Waals surface area contributed by atoms with Crippen LogP contribution in [0, 0.1) is 0 Å². The van der Waals surface area contributed by atoms with Crippen LogP contribution >= 0.6 is 11.6 Å². The number of nitrogens with zero attached hydrogens (tertiary/aromatic N) is 2. The van der Waals surface area contributed by atoms with Gasteiger partial charge in [0, 0.05) is 12.6 Å². The number of carbonyl (C=O) groups is 2. The number of alkyl halides is 3. The van der Waals surface area contributed by atoms with Gasteiger partial charge in [-0.15, -0.1) is 0 Å². The first kappa shape index (κ1) is 34.1. The molecule has 45 heavy (non-hydrogen) atoms. The molecule has 1 fully saturated rings. The molecule has 2 amide bonds. The molecule has 1 aliphatic carbocycles. The SMILES string of the molecule is CC[C@H](C(=O)NC1CCCC1)N(Cc1ccc(OC)cc1)C(=O)CN(c1cc(C(F)(F)F)ccc1Cl)S(=O)(=O)c1ccccc1. The third-order valence-corrected chi connectivity index (χ3v) is 9.85. The Morgan fingerprint density at radius 3 is 2.24 bits per heavy atom. The second-order valence-electron chi connectivity index (χ2n) is 10.8. The summed E-state index contributed by atoms with van der Waals surface area (Å²) in [5.74, 6) is -0.616. The lowest BCUT2D eigenvalue weighted by atomic mass is 10.1. The molecule has 0 bridgehead atoms. The van der Waals surface area contributed by atoms with Crippen LogP contribution < -0.4 is 14.4 Å². The summed E-state index contributed by atoms with van der Waals surface area (Å²) in [5, 5.41) is 2.71. The summed E-state index contributed by atoms with van der Waals surface area (Å²) in [6.45, 7) is 0.742. The van der Waals surface area contributed by atoms with Crippen molar-refractivity contribution in [3.8, 4) is 5.75 Å². The van der Waals surface area contributed by atoms with E-state index in [9.17, 15) is 31.2 Å². The number of ether oxygens (including phenoxy) is 1. The minimum atomic E-state index is -4.81. The van der Waals surface area contributed by atoms with Crippen LogP contribution in [0.5, 0.6) is 5.75 Å². The number of nitrogens with one attached hydrogen (secondary N) is 1. The second-order valence-corrected chi connectivity index (χ2v) is 13.0. The van der Waals surface area contributed by atoms with Gasteiger partial charge in [0.2, 0.25) is 11.8 Å². The predicted octanol–water partition coefficient (Wildman–Crippen LogP) is 6.43. The molecule has 1 aliphatic rings. The third kappa shape index (κ3) is 8.29. The fraction of sp³-hybridized carbons (Fsp3) is 0.375. The molecule has 3 aromatic rings. The van der Waals surface area contributed by atoms with Crippen LogP contribution in [-0.4, -0.2) is 50.9 Å². The van der Waals surface area contributed by atoms with Crippen LogP contribution in [0.15, 0.2) is 77.7 Å². The van der Waals surface area contributed by atoms with Gasteiger partial charge in [-0.05, 0) is 67.3 Å². The lowest BCUT2D eigenvalue weighted by Crippen LogP contribution is -2.53. The van der Waals surface area contributed by atoms with E-state index in [0.717, 1.165) is 37.8 Å². The van der Waals surface area contributed by atoms with E-state index in [-0.39, 0.29) is 34.8 Å². The van der Waals surface area contributed by atoms with E-state index in [4.69, 9.17) is 16.3 Å². The van der Waals surface area contributed by atoms with E-state index in [1.807, 2.05) is 0 Å². The van der Waals surface area contributed by atoms with Gasteiger partial charge >= 0.3 is 6.18 Å². The Kier molecular flexibility index (Phi) is 11.0. The summed E-state index contributed by atoms with van der Waals surface area (Å²) in [6, 6.07) is 15.1. The van der Waals surface area contributed by atoms with Crippen LogP contribution in [0.1, 0.15) is 50.2 Å². The molecule has 0 spiro atoms. The lowest BCUT2D eigenvalue weighted by Gasteiger charge is -2.34. The first-order chi connectivity index (χ1) is 21.3. The summed E-state index contributed by atoms with van der Waals surface area (Å²) in [6.07, 6.45) is -1.04. The van der Waals surface area contributed by atoms with Crippen LogP contribution in [0.25, 0.3) is 0 Å². The number of hydrogen-bond donors (Lipinski definition) is 1. The smallest absolute Gasteiger partial charge is 0.416 e. The maximum absolute atomic E-state index is 14.2. The minimum Gasteiger partial charge on any atom is -0.497 e. The fourth-order valence-electron chi connectivity index (χ4n) is 5.33. The summed E-state index contributed by atoms with van der Waals surface area (Å²) < 4.78 is 74.9. The number of benzene rings is 3. The first-order valence-corrected chi connectivity index (χ1v) is 16.3. The van der Waals surface area contributed by atoms with E-state index in [2.05, 4.69) is 5.32 Å². The van der Waals surface area contributed by atoms with Crippen LogP contribution in [0.2, 0.25) is 5.02 Å². The van der Waals surface area contributed by atoms with Crippen molar-refractivity contribution in [2.75, 3.05) is 18.0 Å². The molecule has 1 atom stereocenters. The van der Waals surface area contributed by atoms with E-state index in [1.165, 1.54) is 36.3 Å². The zero-order valence-electron chi connectivity index (χ0n) is 24.9. The van der Waals surface area contributed by atoms with Crippen molar-refractivity contribution in [3.05, 3.63) is 88.9 Å². The highest BCUT2D eigenvalue weighted by Gasteiger charge is 2.37. The average Bonchev–Trinajstić information content (AvgIpc) is 3.53. The molecular weight excluding hydrogens is 631 g/mol. The number of hydrogen-bond acceptors (Lipinski definition) is 5. The summed E-state index contributed by atoms with van der Waals surface area (Å²) in [7, 11) is -3.10. The largest absolute Gasteiger partial charge is 0.497 e. The van der Waals surface area contributed by atoms with Gasteiger partial charge in [-0.25, -0.2) is 8.42 Å². The van der Waals surface area contributed by atoms with Gasteiger partial charge in [0.1, 0.15) is 18.3 Å². The molecule has 242 valence electrons. The Morgan fingerprint density at radius 2 is 1.67 bits per heavy atom. The number of anilines is 1. The van der Waals surface area contributed by atoms with Gasteiger partial charge in [0.15, 0.2) is 0 Å². The molecule has 4 rings (SSSR count). The van der Waals surface area contributed by atoms with Crippen molar-refractivity contribution in [2.24, 2.45) is 0 Å². The molecule has 0 heterocycles. The number of rotatable bonds is 12. The number of halogens is 4. The highest BCUT2D eigenvalue weighted by Crippen LogP contribution is 2.37. The number of carbonyl (C=O) groups excluding carboxylic acids is 2. The summed E-state index contributed by atoms with van der Waals surface area (Å²) in [4.78, 5) is 28.8. The predicted molar refractivity (Wildman–Crippen MR) is 165 cm³/mol. The average molecular weight is 666 g/mol. The molecule has 1 N–H and O–H groups in total. The number of sulfonamides is 1. The summed E-state index contributed by atoms with van der Waals surface area (Å²) >= 11 is 6.32. The van der Waals surface area contributed by atoms with Crippen molar-refractivity contribution in [2.45, 2.75) is 68.7 Å². The van der Waals surface area contributed by atoms with Gasteiger partial charge in [-0.2, -0.15) is 13.2 Å². The van der Waals surface area contributed by atoms with Gasteiger partial charge in [-0.1, -0.05) is 61.7 Å². The Labute approximate surface area is 266 Å². The standard InChI is InChI=1S/C32H35ClF3N3O5S/c1-3-28(31(41)37-24-9-7-8-10-24)38(20-22-13-16-25(44-2)17-14-22)30(40)21-39(45(42,43)26-11-5-4-6-12-26)29-19-23(32(34,35)36)15-18-27(29)33/h4-6,11-19,24,28H,3,7-10,20-21H2,1-2H3,(H,37,41)/t28-/m1/s1. The topological polar surface area (TPSA) is 96.0 Å². The van der Waals surface area contributed by atoms with Crippen molar-refractivity contribution in [3.63, 3.8) is 0 Å². The highest BCUT2D eigenvalue weighted by atomic mass is 35.5. The van der Waals surface area contributed by atoms with Crippen LogP contribution in [-0.2, 0) is 32.3 Å². The molecule has 13 heteroatoms. The molecule has 0 aliphatic heterocycles. The molecule has 0 aromatic heterocycles. The Morgan fingerprint density at radius 1 is 1.02 bits per heavy atom. The van der Waals surface area contributed by atoms with E-state index in [0.29, 0.717) is 21.7 Å². The Balaban J connectivity index is 1.78. The third-order valence-electron chi connectivity index (χ3n) is 7.75. The molecule has 8 nitrogen and oxygen atoms in total. The number of methoxy groups -OCH3 is 1. The van der Waals surface area contributed by atoms with Gasteiger partial charge in [0.05, 0.1) is 28.3 Å². The minimum absolute atomic E-state index is 0.0386. The van der Waals surface area contributed by atoms with Crippen molar-refractivity contribution in [1.82, 2.24) is 10.2 Å². The molecule has 0 unspecified atom stereocenters. The van der Waals surface area contributed by atoms with E-state index in [1.54, 1.807) is 37.3 Å². The van der Waals surface area contributed by atoms with Crippen LogP contribution in [0.4, 0.5) is 18.9 Å². The Bertz CT molecular complexity index is 1580. The van der Waals surface area contributed by atoms with E-state index < -0.39 is 45.9 Å². The van der Waals surface area contributed by atoms with Gasteiger partial charge in [0.25, 0.3) is 10.0 Å². The number of amides is 2. The zero-order valence-corrected chi connectivity index (χ0v) is 26.5. The molecule has 0 radical (unpaired) electrons. The highest BCUT2D eigenvalue weighted by molar-refractivity contribution is 7.92. The summed E-state index contributed by atoms with van der Waals surface area (Å²) in [5.41, 5.74) is -1.03. The van der Waals surface area contributed by atoms with Crippen molar-refractivity contribution >= 4 is 39.1 Å².